The molecular weight excluding hydrogens is 263 g/mol. The Bertz CT molecular complexity index is 684. The molecule has 0 spiro atoms. The normalized spacial score (nSPS) is 10.3. The minimum Gasteiger partial charge on any atom is -0.477 e. The zero-order valence-corrected chi connectivity index (χ0v) is 9.53. The van der Waals surface area contributed by atoms with Crippen LogP contribution in [0.15, 0.2) is 29.2 Å². The SMILES string of the molecule is O=C(O)c1cnc(-c2ccc(F)c(Cl)c2)[nH]c1=O. The van der Waals surface area contributed by atoms with E-state index in [0.717, 1.165) is 12.3 Å². The average molecular weight is 269 g/mol. The van der Waals surface area contributed by atoms with Gasteiger partial charge in [-0.2, -0.15) is 0 Å². The van der Waals surface area contributed by atoms with Crippen molar-refractivity contribution in [1.29, 1.82) is 0 Å². The molecule has 0 aliphatic carbocycles. The van der Waals surface area contributed by atoms with Crippen molar-refractivity contribution in [2.24, 2.45) is 0 Å². The maximum absolute atomic E-state index is 13.0. The number of carboxylic acid groups (broad SMARTS) is 1. The molecule has 1 heterocycles. The number of hydrogen-bond donors (Lipinski definition) is 2. The Balaban J connectivity index is 2.52. The predicted octanol–water partition coefficient (Wildman–Crippen LogP) is 1.93. The maximum atomic E-state index is 13.0. The number of halogens is 2. The van der Waals surface area contributed by atoms with E-state index in [9.17, 15) is 14.0 Å². The van der Waals surface area contributed by atoms with E-state index in [1.54, 1.807) is 0 Å². The largest absolute Gasteiger partial charge is 0.477 e. The Kier molecular flexibility index (Phi) is 3.12. The van der Waals surface area contributed by atoms with E-state index < -0.39 is 22.9 Å². The van der Waals surface area contributed by atoms with Gasteiger partial charge in [-0.05, 0) is 18.2 Å². The van der Waals surface area contributed by atoms with E-state index in [1.807, 2.05) is 0 Å². The highest BCUT2D eigenvalue weighted by Gasteiger charge is 2.11. The third-order valence-electron chi connectivity index (χ3n) is 2.22. The smallest absolute Gasteiger partial charge is 0.342 e. The Labute approximate surface area is 105 Å². The highest BCUT2D eigenvalue weighted by molar-refractivity contribution is 6.31. The Morgan fingerprint density at radius 3 is 2.72 bits per heavy atom. The van der Waals surface area contributed by atoms with E-state index >= 15 is 0 Å². The van der Waals surface area contributed by atoms with Gasteiger partial charge in [-0.15, -0.1) is 0 Å². The van der Waals surface area contributed by atoms with Gasteiger partial charge in [0.2, 0.25) is 0 Å². The molecule has 2 aromatic rings. The number of aromatic carboxylic acids is 1. The number of aromatic amines is 1. The van der Waals surface area contributed by atoms with Crippen LogP contribution in [-0.4, -0.2) is 21.0 Å². The second-order valence-corrected chi connectivity index (χ2v) is 3.82. The molecule has 0 amide bonds. The van der Waals surface area contributed by atoms with Crippen molar-refractivity contribution in [3.8, 4) is 11.4 Å². The number of hydrogen-bond acceptors (Lipinski definition) is 3. The maximum Gasteiger partial charge on any atom is 0.342 e. The van der Waals surface area contributed by atoms with Crippen molar-refractivity contribution < 1.29 is 14.3 Å². The lowest BCUT2D eigenvalue weighted by Crippen LogP contribution is -2.18. The number of aromatic nitrogens is 2. The topological polar surface area (TPSA) is 83.0 Å². The fourth-order valence-corrected chi connectivity index (χ4v) is 1.52. The van der Waals surface area contributed by atoms with Crippen LogP contribution < -0.4 is 5.56 Å². The summed E-state index contributed by atoms with van der Waals surface area (Å²) in [6.45, 7) is 0. The van der Waals surface area contributed by atoms with E-state index in [2.05, 4.69) is 9.97 Å². The van der Waals surface area contributed by atoms with E-state index in [1.165, 1.54) is 12.1 Å². The first-order valence-electron chi connectivity index (χ1n) is 4.77. The molecule has 0 aliphatic rings. The number of nitrogens with zero attached hydrogens (tertiary/aromatic N) is 1. The molecule has 0 atom stereocenters. The number of carboxylic acids is 1. The number of H-pyrrole nitrogens is 1. The van der Waals surface area contributed by atoms with E-state index in [-0.39, 0.29) is 10.8 Å². The summed E-state index contributed by atoms with van der Waals surface area (Å²) in [5, 5.41) is 8.56. The fourth-order valence-electron chi connectivity index (χ4n) is 1.34. The monoisotopic (exact) mass is 268 g/mol. The number of carbonyl (C=O) groups is 1. The summed E-state index contributed by atoms with van der Waals surface area (Å²) in [6, 6.07) is 3.79. The Hall–Kier alpha value is -2.21. The summed E-state index contributed by atoms with van der Waals surface area (Å²) in [5.74, 6) is -1.84. The second-order valence-electron chi connectivity index (χ2n) is 3.41. The Morgan fingerprint density at radius 2 is 2.17 bits per heavy atom. The third-order valence-corrected chi connectivity index (χ3v) is 2.51. The molecule has 0 fully saturated rings. The third kappa shape index (κ3) is 2.23. The minimum atomic E-state index is -1.37. The summed E-state index contributed by atoms with van der Waals surface area (Å²) in [4.78, 5) is 28.1. The molecule has 0 unspecified atom stereocenters. The summed E-state index contributed by atoms with van der Waals surface area (Å²) >= 11 is 5.60. The molecule has 5 nitrogen and oxygen atoms in total. The zero-order chi connectivity index (χ0) is 13.3. The molecule has 7 heteroatoms. The molecule has 18 heavy (non-hydrogen) atoms. The summed E-state index contributed by atoms with van der Waals surface area (Å²) in [6.07, 6.45) is 0.938. The van der Waals surface area contributed by atoms with Crippen LogP contribution in [0.5, 0.6) is 0 Å². The van der Waals surface area contributed by atoms with Gasteiger partial charge in [-0.25, -0.2) is 14.2 Å². The Morgan fingerprint density at radius 1 is 1.44 bits per heavy atom. The molecule has 1 aromatic heterocycles. The highest BCUT2D eigenvalue weighted by Crippen LogP contribution is 2.21. The molecule has 92 valence electrons. The van der Waals surface area contributed by atoms with Crippen molar-refractivity contribution in [2.45, 2.75) is 0 Å². The van der Waals surface area contributed by atoms with Gasteiger partial charge < -0.3 is 10.1 Å². The van der Waals surface area contributed by atoms with Crippen LogP contribution in [0.25, 0.3) is 11.4 Å². The highest BCUT2D eigenvalue weighted by atomic mass is 35.5. The van der Waals surface area contributed by atoms with Gasteiger partial charge in [0.1, 0.15) is 17.2 Å². The molecule has 0 radical (unpaired) electrons. The van der Waals surface area contributed by atoms with Crippen molar-refractivity contribution in [3.63, 3.8) is 0 Å². The zero-order valence-electron chi connectivity index (χ0n) is 8.78. The molecule has 0 saturated carbocycles. The molecule has 0 aliphatic heterocycles. The van der Waals surface area contributed by atoms with Gasteiger partial charge in [0.15, 0.2) is 0 Å². The lowest BCUT2D eigenvalue weighted by molar-refractivity contribution is 0.0694. The van der Waals surface area contributed by atoms with Crippen molar-refractivity contribution >= 4 is 17.6 Å². The van der Waals surface area contributed by atoms with Gasteiger partial charge in [0.05, 0.1) is 5.02 Å². The van der Waals surface area contributed by atoms with Crippen molar-refractivity contribution in [1.82, 2.24) is 9.97 Å². The van der Waals surface area contributed by atoms with E-state index in [4.69, 9.17) is 16.7 Å². The van der Waals surface area contributed by atoms with Crippen LogP contribution in [0.2, 0.25) is 5.02 Å². The predicted molar refractivity (Wildman–Crippen MR) is 62.2 cm³/mol. The first kappa shape index (κ1) is 12.3. The van der Waals surface area contributed by atoms with Gasteiger partial charge in [0, 0.05) is 11.8 Å². The summed E-state index contributed by atoms with van der Waals surface area (Å²) < 4.78 is 13.0. The quantitative estimate of drug-likeness (QED) is 0.872. The lowest BCUT2D eigenvalue weighted by atomic mass is 10.2. The molecule has 2 N–H and O–H groups in total. The minimum absolute atomic E-state index is 0.113. The molecule has 1 aromatic carbocycles. The van der Waals surface area contributed by atoms with Gasteiger partial charge in [-0.1, -0.05) is 11.6 Å². The lowest BCUT2D eigenvalue weighted by Gasteiger charge is -2.02. The van der Waals surface area contributed by atoms with Crippen LogP contribution in [0.1, 0.15) is 10.4 Å². The van der Waals surface area contributed by atoms with Gasteiger partial charge in [-0.3, -0.25) is 4.79 Å². The molecule has 0 bridgehead atoms. The van der Waals surface area contributed by atoms with Crippen LogP contribution in [0.4, 0.5) is 4.39 Å². The van der Waals surface area contributed by atoms with Crippen molar-refractivity contribution in [3.05, 3.63) is 51.2 Å². The fraction of sp³-hybridized carbons (Fsp3) is 0. The van der Waals surface area contributed by atoms with E-state index in [0.29, 0.717) is 5.56 Å². The molecule has 0 saturated heterocycles. The second kappa shape index (κ2) is 4.58. The van der Waals surface area contributed by atoms with Crippen molar-refractivity contribution in [2.75, 3.05) is 0 Å². The number of rotatable bonds is 2. The first-order chi connectivity index (χ1) is 8.49. The van der Waals surface area contributed by atoms with Crippen LogP contribution >= 0.6 is 11.6 Å². The van der Waals surface area contributed by atoms with Crippen LogP contribution in [0, 0.1) is 5.82 Å². The van der Waals surface area contributed by atoms with Gasteiger partial charge in [0.25, 0.3) is 5.56 Å². The number of benzene rings is 1. The standard InChI is InChI=1S/C11H6ClFN2O3/c12-7-3-5(1-2-8(7)13)9-14-4-6(11(17)18)10(16)15-9/h1-4H,(H,17,18)(H,14,15,16). The van der Waals surface area contributed by atoms with Gasteiger partial charge >= 0.3 is 5.97 Å². The number of nitrogens with one attached hydrogen (secondary N) is 1. The molecule has 2 rings (SSSR count). The van der Waals surface area contributed by atoms with Crippen LogP contribution in [0.3, 0.4) is 0 Å². The first-order valence-corrected chi connectivity index (χ1v) is 5.15. The average Bonchev–Trinajstić information content (AvgIpc) is 2.32. The summed E-state index contributed by atoms with van der Waals surface area (Å²) in [7, 11) is 0. The molecular formula is C11H6ClFN2O3. The summed E-state index contributed by atoms with van der Waals surface area (Å²) in [5.41, 5.74) is -0.865. The van der Waals surface area contributed by atoms with Crippen LogP contribution in [-0.2, 0) is 0 Å².